The van der Waals surface area contributed by atoms with E-state index in [0.29, 0.717) is 5.82 Å². The lowest BCUT2D eigenvalue weighted by molar-refractivity contribution is -0.129. The van der Waals surface area contributed by atoms with Crippen molar-refractivity contribution in [3.05, 3.63) is 23.9 Å². The molecule has 25 heavy (non-hydrogen) atoms. The molecule has 0 spiro atoms. The number of anilines is 1. The highest BCUT2D eigenvalue weighted by Gasteiger charge is 2.40. The fourth-order valence-electron chi connectivity index (χ4n) is 3.39. The Morgan fingerprint density at radius 3 is 2.60 bits per heavy atom. The van der Waals surface area contributed by atoms with Gasteiger partial charge in [0.15, 0.2) is 0 Å². The van der Waals surface area contributed by atoms with Crippen LogP contribution in [0.1, 0.15) is 65.0 Å². The van der Waals surface area contributed by atoms with Crippen molar-refractivity contribution in [2.75, 3.05) is 11.4 Å². The second-order valence-corrected chi connectivity index (χ2v) is 7.87. The van der Waals surface area contributed by atoms with Gasteiger partial charge in [-0.25, -0.2) is 9.78 Å². The fraction of sp³-hybridized carbons (Fsp3) is 0.632. The molecular formula is C19H27N3O3. The predicted molar refractivity (Wildman–Crippen MR) is 95.3 cm³/mol. The minimum atomic E-state index is -0.558. The third-order valence-corrected chi connectivity index (χ3v) is 4.56. The summed E-state index contributed by atoms with van der Waals surface area (Å²) in [4.78, 5) is 32.9. The Kier molecular flexibility index (Phi) is 4.71. The van der Waals surface area contributed by atoms with Gasteiger partial charge < -0.3 is 9.64 Å². The molecule has 136 valence electrons. The van der Waals surface area contributed by atoms with Crippen LogP contribution in [0.5, 0.6) is 0 Å². The molecule has 1 aromatic heterocycles. The van der Waals surface area contributed by atoms with Gasteiger partial charge in [0.25, 0.3) is 0 Å². The molecule has 1 atom stereocenters. The number of hydrogen-bond acceptors (Lipinski definition) is 4. The van der Waals surface area contributed by atoms with Gasteiger partial charge >= 0.3 is 6.09 Å². The number of nitrogens with zero attached hydrogens (tertiary/aromatic N) is 3. The highest BCUT2D eigenvalue weighted by molar-refractivity contribution is 5.89. The molecule has 6 heteroatoms. The summed E-state index contributed by atoms with van der Waals surface area (Å²) in [5, 5.41) is 0. The number of ether oxygens (including phenoxy) is 1. The second kappa shape index (κ2) is 6.65. The van der Waals surface area contributed by atoms with Gasteiger partial charge in [-0.1, -0.05) is 6.07 Å². The predicted octanol–water partition coefficient (Wildman–Crippen LogP) is 3.67. The lowest BCUT2D eigenvalue weighted by atomic mass is 10.0. The van der Waals surface area contributed by atoms with Crippen molar-refractivity contribution in [1.82, 2.24) is 9.88 Å². The average Bonchev–Trinajstić information content (AvgIpc) is 3.21. The van der Waals surface area contributed by atoms with E-state index < -0.39 is 5.60 Å². The third-order valence-electron chi connectivity index (χ3n) is 4.56. The van der Waals surface area contributed by atoms with Gasteiger partial charge in [0.1, 0.15) is 11.4 Å². The van der Waals surface area contributed by atoms with Crippen LogP contribution >= 0.6 is 0 Å². The fourth-order valence-corrected chi connectivity index (χ4v) is 3.39. The Morgan fingerprint density at radius 2 is 2.00 bits per heavy atom. The monoisotopic (exact) mass is 345 g/mol. The second-order valence-electron chi connectivity index (χ2n) is 7.87. The van der Waals surface area contributed by atoms with Crippen molar-refractivity contribution < 1.29 is 14.3 Å². The average molecular weight is 345 g/mol. The molecule has 2 amide bonds. The number of pyridine rings is 1. The van der Waals surface area contributed by atoms with E-state index in [1.165, 1.54) is 0 Å². The molecule has 1 aromatic rings. The van der Waals surface area contributed by atoms with Crippen LogP contribution in [0.25, 0.3) is 0 Å². The molecule has 1 unspecified atom stereocenters. The Hall–Kier alpha value is -2.11. The van der Waals surface area contributed by atoms with Crippen LogP contribution in [0.15, 0.2) is 18.3 Å². The van der Waals surface area contributed by atoms with E-state index in [9.17, 15) is 9.59 Å². The summed E-state index contributed by atoms with van der Waals surface area (Å²) in [5.74, 6) is 0.699. The van der Waals surface area contributed by atoms with Crippen molar-refractivity contribution in [2.24, 2.45) is 0 Å². The number of carbonyl (C=O) groups is 2. The quantitative estimate of drug-likeness (QED) is 0.838. The number of rotatable bonds is 3. The lowest BCUT2D eigenvalue weighted by Gasteiger charge is -2.31. The first-order chi connectivity index (χ1) is 11.8. The Morgan fingerprint density at radius 1 is 1.28 bits per heavy atom. The molecule has 1 aliphatic heterocycles. The first-order valence-corrected chi connectivity index (χ1v) is 9.02. The molecule has 6 nitrogen and oxygen atoms in total. The molecule has 1 saturated heterocycles. The molecule has 2 heterocycles. The van der Waals surface area contributed by atoms with E-state index in [4.69, 9.17) is 4.74 Å². The summed E-state index contributed by atoms with van der Waals surface area (Å²) in [6.45, 7) is 7.95. The van der Waals surface area contributed by atoms with Crippen LogP contribution in [0.2, 0.25) is 0 Å². The minimum absolute atomic E-state index is 0.0233. The number of hydrogen-bond donors (Lipinski definition) is 0. The molecule has 1 saturated carbocycles. The van der Waals surface area contributed by atoms with E-state index in [1.54, 1.807) is 18.0 Å². The molecular weight excluding hydrogens is 318 g/mol. The van der Waals surface area contributed by atoms with Gasteiger partial charge in [-0.3, -0.25) is 9.69 Å². The van der Waals surface area contributed by atoms with E-state index in [2.05, 4.69) is 4.98 Å². The summed E-state index contributed by atoms with van der Waals surface area (Å²) in [6.07, 6.45) is 5.11. The molecule has 0 bridgehead atoms. The maximum atomic E-state index is 12.8. The van der Waals surface area contributed by atoms with Crippen LogP contribution in [0.4, 0.5) is 10.6 Å². The highest BCUT2D eigenvalue weighted by atomic mass is 16.6. The minimum Gasteiger partial charge on any atom is -0.443 e. The van der Waals surface area contributed by atoms with E-state index in [1.807, 2.05) is 37.8 Å². The standard InChI is InChI=1S/C19H27N3O3/c1-13(23)21-12-6-8-16(21)15-7-5-11-20-17(15)22(14-9-10-14)18(24)25-19(2,3)4/h5,7,11,14,16H,6,8-10,12H2,1-4H3. The molecule has 3 rings (SSSR count). The maximum Gasteiger partial charge on any atom is 0.416 e. The SMILES string of the molecule is CC(=O)N1CCCC1c1cccnc1N(C(=O)OC(C)(C)C)C1CC1. The van der Waals surface area contributed by atoms with E-state index in [-0.39, 0.29) is 24.1 Å². The van der Waals surface area contributed by atoms with Crippen molar-refractivity contribution in [3.8, 4) is 0 Å². The first kappa shape index (κ1) is 17.7. The summed E-state index contributed by atoms with van der Waals surface area (Å²) in [6, 6.07) is 3.96. The van der Waals surface area contributed by atoms with Gasteiger partial charge in [-0.2, -0.15) is 0 Å². The largest absolute Gasteiger partial charge is 0.443 e. The zero-order valence-electron chi connectivity index (χ0n) is 15.5. The van der Waals surface area contributed by atoms with Crippen LogP contribution < -0.4 is 4.90 Å². The van der Waals surface area contributed by atoms with Gasteiger partial charge in [0, 0.05) is 31.3 Å². The summed E-state index contributed by atoms with van der Waals surface area (Å²) in [5.41, 5.74) is 0.380. The summed E-state index contributed by atoms with van der Waals surface area (Å²) < 4.78 is 5.61. The summed E-state index contributed by atoms with van der Waals surface area (Å²) >= 11 is 0. The van der Waals surface area contributed by atoms with Crippen LogP contribution in [0.3, 0.4) is 0 Å². The van der Waals surface area contributed by atoms with Gasteiger partial charge in [0.2, 0.25) is 5.91 Å². The van der Waals surface area contributed by atoms with E-state index >= 15 is 0 Å². The normalized spacial score (nSPS) is 20.5. The molecule has 0 aromatic carbocycles. The van der Waals surface area contributed by atoms with Gasteiger partial charge in [-0.15, -0.1) is 0 Å². The zero-order valence-corrected chi connectivity index (χ0v) is 15.5. The number of carbonyl (C=O) groups excluding carboxylic acids is 2. The molecule has 0 radical (unpaired) electrons. The van der Waals surface area contributed by atoms with Crippen molar-refractivity contribution in [2.45, 2.75) is 71.1 Å². The summed E-state index contributed by atoms with van der Waals surface area (Å²) in [7, 11) is 0. The third kappa shape index (κ3) is 3.94. The van der Waals surface area contributed by atoms with Crippen molar-refractivity contribution in [3.63, 3.8) is 0 Å². The van der Waals surface area contributed by atoms with Gasteiger partial charge in [-0.05, 0) is 52.5 Å². The molecule has 0 N–H and O–H groups in total. The van der Waals surface area contributed by atoms with Crippen molar-refractivity contribution in [1.29, 1.82) is 0 Å². The zero-order chi connectivity index (χ0) is 18.2. The van der Waals surface area contributed by atoms with Crippen LogP contribution in [-0.4, -0.2) is 40.1 Å². The smallest absolute Gasteiger partial charge is 0.416 e. The number of amides is 2. The van der Waals surface area contributed by atoms with E-state index in [0.717, 1.165) is 37.8 Å². The molecule has 1 aliphatic carbocycles. The van der Waals surface area contributed by atoms with Crippen LogP contribution in [0, 0.1) is 0 Å². The number of likely N-dealkylation sites (tertiary alicyclic amines) is 1. The van der Waals surface area contributed by atoms with Crippen molar-refractivity contribution >= 4 is 17.8 Å². The first-order valence-electron chi connectivity index (χ1n) is 9.02. The Bertz CT molecular complexity index is 664. The maximum absolute atomic E-state index is 12.8. The number of aromatic nitrogens is 1. The lowest BCUT2D eigenvalue weighted by Crippen LogP contribution is -2.40. The molecule has 2 aliphatic rings. The Labute approximate surface area is 149 Å². The van der Waals surface area contributed by atoms with Crippen LogP contribution in [-0.2, 0) is 9.53 Å². The highest BCUT2D eigenvalue weighted by Crippen LogP contribution is 2.40. The topological polar surface area (TPSA) is 62.7 Å². The van der Waals surface area contributed by atoms with Gasteiger partial charge in [0.05, 0.1) is 6.04 Å². The Balaban J connectivity index is 1.95. The molecule has 2 fully saturated rings.